The van der Waals surface area contributed by atoms with E-state index in [9.17, 15) is 5.11 Å². The highest BCUT2D eigenvalue weighted by atomic mass is 16.7. The zero-order valence-corrected chi connectivity index (χ0v) is 10.4. The van der Waals surface area contributed by atoms with Gasteiger partial charge < -0.3 is 19.3 Å². The molecule has 0 spiro atoms. The number of benzene rings is 1. The van der Waals surface area contributed by atoms with Crippen LogP contribution >= 0.6 is 0 Å². The van der Waals surface area contributed by atoms with Crippen molar-refractivity contribution >= 4 is 0 Å². The Morgan fingerprint density at radius 3 is 2.67 bits per heavy atom. The molecule has 0 amide bonds. The fourth-order valence-electron chi connectivity index (χ4n) is 2.47. The van der Waals surface area contributed by atoms with E-state index in [-0.39, 0.29) is 18.1 Å². The Hall–Kier alpha value is -0.940. The molecule has 2 saturated heterocycles. The molecule has 2 fully saturated rings. The van der Waals surface area contributed by atoms with Crippen LogP contribution in [0, 0.1) is 5.92 Å². The summed E-state index contributed by atoms with van der Waals surface area (Å²) in [7, 11) is 0. The van der Waals surface area contributed by atoms with E-state index >= 15 is 0 Å². The third kappa shape index (κ3) is 2.17. The second-order valence-electron chi connectivity index (χ2n) is 5.02. The van der Waals surface area contributed by atoms with Crippen LogP contribution in [-0.4, -0.2) is 36.6 Å². The van der Waals surface area contributed by atoms with Crippen molar-refractivity contribution in [3.63, 3.8) is 0 Å². The third-order valence-electron chi connectivity index (χ3n) is 3.62. The van der Waals surface area contributed by atoms with E-state index in [0.717, 1.165) is 5.56 Å². The maximum absolute atomic E-state index is 10.2. The molecule has 4 heteroatoms. The van der Waals surface area contributed by atoms with E-state index in [1.165, 1.54) is 0 Å². The lowest BCUT2D eigenvalue weighted by Gasteiger charge is -2.44. The van der Waals surface area contributed by atoms with Gasteiger partial charge in [-0.15, -0.1) is 0 Å². The van der Waals surface area contributed by atoms with Gasteiger partial charge >= 0.3 is 0 Å². The van der Waals surface area contributed by atoms with Gasteiger partial charge in [0.1, 0.15) is 12.2 Å². The van der Waals surface area contributed by atoms with Crippen LogP contribution in [0.1, 0.15) is 18.8 Å². The third-order valence-corrected chi connectivity index (χ3v) is 3.62. The van der Waals surface area contributed by atoms with Crippen molar-refractivity contribution < 1.29 is 19.3 Å². The number of ether oxygens (including phenoxy) is 3. The molecule has 1 unspecified atom stereocenters. The first-order valence-corrected chi connectivity index (χ1v) is 6.37. The van der Waals surface area contributed by atoms with Gasteiger partial charge in [-0.25, -0.2) is 0 Å². The molecule has 98 valence electrons. The highest BCUT2D eigenvalue weighted by molar-refractivity contribution is 5.16. The number of hydrogen-bond acceptors (Lipinski definition) is 4. The number of rotatable bonds is 1. The van der Waals surface area contributed by atoms with Crippen LogP contribution in [0.5, 0.6) is 0 Å². The first-order chi connectivity index (χ1) is 8.75. The molecule has 1 N–H and O–H groups in total. The van der Waals surface area contributed by atoms with E-state index in [1.54, 1.807) is 0 Å². The van der Waals surface area contributed by atoms with E-state index in [2.05, 4.69) is 0 Å². The SMILES string of the molecule is C[C@H]1CO[C@@H]2CO[C@@H](c3ccccc3)OC2[C@@H]1O. The summed E-state index contributed by atoms with van der Waals surface area (Å²) in [5.41, 5.74) is 0.973. The summed E-state index contributed by atoms with van der Waals surface area (Å²) in [6.45, 7) is 3.00. The van der Waals surface area contributed by atoms with Gasteiger partial charge in [0.05, 0.1) is 19.3 Å². The molecule has 3 rings (SSSR count). The van der Waals surface area contributed by atoms with Crippen molar-refractivity contribution in [3.05, 3.63) is 35.9 Å². The van der Waals surface area contributed by atoms with Gasteiger partial charge in [0.15, 0.2) is 6.29 Å². The molecule has 0 saturated carbocycles. The first-order valence-electron chi connectivity index (χ1n) is 6.37. The summed E-state index contributed by atoms with van der Waals surface area (Å²) in [4.78, 5) is 0. The number of aliphatic hydroxyl groups excluding tert-OH is 1. The van der Waals surface area contributed by atoms with Crippen LogP contribution in [0.25, 0.3) is 0 Å². The lowest BCUT2D eigenvalue weighted by Crippen LogP contribution is -2.55. The number of fused-ring (bicyclic) bond motifs is 1. The summed E-state index contributed by atoms with van der Waals surface area (Å²) in [5.74, 6) is 0.0979. The summed E-state index contributed by atoms with van der Waals surface area (Å²) in [6.07, 6.45) is -1.35. The molecule has 5 atom stereocenters. The van der Waals surface area contributed by atoms with Crippen LogP contribution in [0.15, 0.2) is 30.3 Å². The Labute approximate surface area is 106 Å². The second-order valence-corrected chi connectivity index (χ2v) is 5.02. The molecule has 2 aliphatic rings. The van der Waals surface area contributed by atoms with E-state index in [0.29, 0.717) is 13.2 Å². The lowest BCUT2D eigenvalue weighted by atomic mass is 9.93. The molecule has 0 bridgehead atoms. The van der Waals surface area contributed by atoms with Gasteiger partial charge in [-0.2, -0.15) is 0 Å². The van der Waals surface area contributed by atoms with E-state index in [4.69, 9.17) is 14.2 Å². The summed E-state index contributed by atoms with van der Waals surface area (Å²) >= 11 is 0. The van der Waals surface area contributed by atoms with Gasteiger partial charge in [0.25, 0.3) is 0 Å². The summed E-state index contributed by atoms with van der Waals surface area (Å²) in [6, 6.07) is 9.78. The molecule has 18 heavy (non-hydrogen) atoms. The predicted molar refractivity (Wildman–Crippen MR) is 64.9 cm³/mol. The van der Waals surface area contributed by atoms with Crippen LogP contribution < -0.4 is 0 Å². The number of aliphatic hydroxyl groups is 1. The minimum Gasteiger partial charge on any atom is -0.390 e. The summed E-state index contributed by atoms with van der Waals surface area (Å²) < 4.78 is 17.2. The monoisotopic (exact) mass is 250 g/mol. The van der Waals surface area contributed by atoms with E-state index in [1.807, 2.05) is 37.3 Å². The Morgan fingerprint density at radius 1 is 1.11 bits per heavy atom. The normalized spacial score (nSPS) is 40.2. The molecule has 2 aliphatic heterocycles. The van der Waals surface area contributed by atoms with Crippen LogP contribution in [-0.2, 0) is 14.2 Å². The molecule has 4 nitrogen and oxygen atoms in total. The molecule has 1 aromatic carbocycles. The van der Waals surface area contributed by atoms with Crippen LogP contribution in [0.2, 0.25) is 0 Å². The standard InChI is InChI=1S/C14H18O4/c1-9-7-16-11-8-17-14(18-13(11)12(9)15)10-5-3-2-4-6-10/h2-6,9,11-15H,7-8H2,1H3/t9-,11+,12+,13?,14+/m0/s1. The molecule has 0 aromatic heterocycles. The maximum Gasteiger partial charge on any atom is 0.184 e. The van der Waals surface area contributed by atoms with Gasteiger partial charge in [0.2, 0.25) is 0 Å². The van der Waals surface area contributed by atoms with Crippen molar-refractivity contribution in [3.8, 4) is 0 Å². The minimum absolute atomic E-state index is 0.0979. The highest BCUT2D eigenvalue weighted by Gasteiger charge is 2.43. The lowest BCUT2D eigenvalue weighted by molar-refractivity contribution is -0.307. The average molecular weight is 250 g/mol. The molecular formula is C14H18O4. The van der Waals surface area contributed by atoms with Crippen molar-refractivity contribution in [1.82, 2.24) is 0 Å². The predicted octanol–water partition coefficient (Wildman–Crippen LogP) is 1.50. The quantitative estimate of drug-likeness (QED) is 0.820. The molecule has 0 radical (unpaired) electrons. The topological polar surface area (TPSA) is 47.9 Å². The van der Waals surface area contributed by atoms with Crippen molar-refractivity contribution in [1.29, 1.82) is 0 Å². The fourth-order valence-corrected chi connectivity index (χ4v) is 2.47. The minimum atomic E-state index is -0.487. The fraction of sp³-hybridized carbons (Fsp3) is 0.571. The highest BCUT2D eigenvalue weighted by Crippen LogP contribution is 2.33. The van der Waals surface area contributed by atoms with Gasteiger partial charge in [-0.1, -0.05) is 37.3 Å². The smallest absolute Gasteiger partial charge is 0.184 e. The Kier molecular flexibility index (Phi) is 3.35. The van der Waals surface area contributed by atoms with E-state index < -0.39 is 12.4 Å². The summed E-state index contributed by atoms with van der Waals surface area (Å²) in [5, 5.41) is 10.2. The van der Waals surface area contributed by atoms with Crippen molar-refractivity contribution in [2.24, 2.45) is 5.92 Å². The Morgan fingerprint density at radius 2 is 1.89 bits per heavy atom. The zero-order chi connectivity index (χ0) is 12.5. The Balaban J connectivity index is 1.75. The van der Waals surface area contributed by atoms with Crippen LogP contribution in [0.3, 0.4) is 0 Å². The largest absolute Gasteiger partial charge is 0.390 e. The van der Waals surface area contributed by atoms with Crippen molar-refractivity contribution in [2.75, 3.05) is 13.2 Å². The number of hydrogen-bond donors (Lipinski definition) is 1. The molecule has 1 aromatic rings. The molecular weight excluding hydrogens is 232 g/mol. The average Bonchev–Trinajstić information content (AvgIpc) is 2.44. The molecule has 2 heterocycles. The van der Waals surface area contributed by atoms with Crippen molar-refractivity contribution in [2.45, 2.75) is 31.5 Å². The Bertz CT molecular complexity index is 392. The van der Waals surface area contributed by atoms with Gasteiger partial charge in [-0.05, 0) is 0 Å². The van der Waals surface area contributed by atoms with Gasteiger partial charge in [0, 0.05) is 11.5 Å². The molecule has 0 aliphatic carbocycles. The second kappa shape index (κ2) is 4.97. The van der Waals surface area contributed by atoms with Crippen LogP contribution in [0.4, 0.5) is 0 Å². The maximum atomic E-state index is 10.2. The zero-order valence-electron chi connectivity index (χ0n) is 10.4. The first kappa shape index (κ1) is 12.1. The van der Waals surface area contributed by atoms with Gasteiger partial charge in [-0.3, -0.25) is 0 Å².